The molecule has 0 aromatic heterocycles. The summed E-state index contributed by atoms with van der Waals surface area (Å²) in [6.45, 7) is 3.79. The standard InChI is InChI=1S/C22H29NO2/c1-16(24-14-13-17-7-4-3-5-8-17)25-21-12-11-20-22-18(15-23(20)2)9-6-10-19(21)22/h6,9-12,16-17H,3-5,7-8,13-15H2,1-2H3. The van der Waals surface area contributed by atoms with Gasteiger partial charge in [0, 0.05) is 30.1 Å². The van der Waals surface area contributed by atoms with Crippen molar-refractivity contribution < 1.29 is 9.47 Å². The summed E-state index contributed by atoms with van der Waals surface area (Å²) >= 11 is 0. The van der Waals surface area contributed by atoms with E-state index in [2.05, 4.69) is 42.3 Å². The maximum atomic E-state index is 6.15. The zero-order chi connectivity index (χ0) is 17.2. The van der Waals surface area contributed by atoms with Gasteiger partial charge in [-0.2, -0.15) is 0 Å². The van der Waals surface area contributed by atoms with E-state index in [1.165, 1.54) is 60.5 Å². The fourth-order valence-electron chi connectivity index (χ4n) is 4.42. The number of anilines is 1. The summed E-state index contributed by atoms with van der Waals surface area (Å²) < 4.78 is 12.1. The Kier molecular flexibility index (Phi) is 4.85. The normalized spacial score (nSPS) is 18.7. The molecule has 4 rings (SSSR count). The number of nitrogens with zero attached hydrogens (tertiary/aromatic N) is 1. The van der Waals surface area contributed by atoms with Crippen molar-refractivity contribution in [3.8, 4) is 5.75 Å². The Balaban J connectivity index is 1.40. The molecular formula is C22H29NO2. The van der Waals surface area contributed by atoms with Crippen LogP contribution in [0.5, 0.6) is 5.75 Å². The number of rotatable bonds is 6. The average Bonchev–Trinajstić information content (AvgIpc) is 2.95. The SMILES string of the molecule is CC(OCCC1CCCCC1)Oc1ccc2c3c(cccc13)CN2C. The van der Waals surface area contributed by atoms with E-state index in [9.17, 15) is 0 Å². The van der Waals surface area contributed by atoms with Crippen LogP contribution in [-0.2, 0) is 11.3 Å². The van der Waals surface area contributed by atoms with Crippen LogP contribution >= 0.6 is 0 Å². The zero-order valence-electron chi connectivity index (χ0n) is 15.5. The first-order valence-electron chi connectivity index (χ1n) is 9.76. The fraction of sp³-hybridized carbons (Fsp3) is 0.545. The van der Waals surface area contributed by atoms with Crippen LogP contribution in [0.3, 0.4) is 0 Å². The molecule has 2 aromatic rings. The van der Waals surface area contributed by atoms with Gasteiger partial charge in [0.05, 0.1) is 6.61 Å². The van der Waals surface area contributed by atoms with Crippen LogP contribution in [0.2, 0.25) is 0 Å². The Morgan fingerprint density at radius 3 is 2.80 bits per heavy atom. The van der Waals surface area contributed by atoms with E-state index in [1.54, 1.807) is 0 Å². The molecule has 0 bridgehead atoms. The summed E-state index contributed by atoms with van der Waals surface area (Å²) in [5.74, 6) is 1.79. The van der Waals surface area contributed by atoms with E-state index in [0.29, 0.717) is 0 Å². The van der Waals surface area contributed by atoms with Gasteiger partial charge in [-0.1, -0.05) is 50.3 Å². The van der Waals surface area contributed by atoms with Crippen LogP contribution in [0, 0.1) is 5.92 Å². The van der Waals surface area contributed by atoms with Gasteiger partial charge in [0.15, 0.2) is 6.29 Å². The van der Waals surface area contributed by atoms with Crippen molar-refractivity contribution in [3.05, 3.63) is 35.9 Å². The molecule has 1 saturated carbocycles. The summed E-state index contributed by atoms with van der Waals surface area (Å²) in [4.78, 5) is 2.30. The lowest BCUT2D eigenvalue weighted by atomic mass is 9.87. The summed E-state index contributed by atoms with van der Waals surface area (Å²) in [7, 11) is 2.15. The second-order valence-electron chi connectivity index (χ2n) is 7.63. The Morgan fingerprint density at radius 2 is 1.96 bits per heavy atom. The monoisotopic (exact) mass is 339 g/mol. The fourth-order valence-corrected chi connectivity index (χ4v) is 4.42. The topological polar surface area (TPSA) is 21.7 Å². The molecule has 3 nitrogen and oxygen atoms in total. The minimum atomic E-state index is -0.209. The minimum Gasteiger partial charge on any atom is -0.465 e. The van der Waals surface area contributed by atoms with E-state index in [4.69, 9.17) is 9.47 Å². The van der Waals surface area contributed by atoms with Crippen molar-refractivity contribution >= 4 is 16.5 Å². The molecular weight excluding hydrogens is 310 g/mol. The van der Waals surface area contributed by atoms with E-state index in [0.717, 1.165) is 24.8 Å². The first-order valence-corrected chi connectivity index (χ1v) is 9.76. The third-order valence-electron chi connectivity index (χ3n) is 5.78. The lowest BCUT2D eigenvalue weighted by Gasteiger charge is -2.23. The van der Waals surface area contributed by atoms with Gasteiger partial charge in [0.2, 0.25) is 0 Å². The van der Waals surface area contributed by atoms with Crippen LogP contribution in [0.15, 0.2) is 30.3 Å². The molecule has 0 saturated heterocycles. The van der Waals surface area contributed by atoms with Crippen molar-refractivity contribution in [1.29, 1.82) is 0 Å². The molecule has 0 spiro atoms. The summed E-state index contributed by atoms with van der Waals surface area (Å²) in [6.07, 6.45) is 7.92. The second kappa shape index (κ2) is 7.25. The number of benzene rings is 2. The Bertz CT molecular complexity index is 736. The summed E-state index contributed by atoms with van der Waals surface area (Å²) in [6, 6.07) is 10.8. The molecule has 3 heteroatoms. The van der Waals surface area contributed by atoms with E-state index in [-0.39, 0.29) is 6.29 Å². The highest BCUT2D eigenvalue weighted by atomic mass is 16.7. The highest BCUT2D eigenvalue weighted by Gasteiger charge is 2.21. The van der Waals surface area contributed by atoms with Crippen LogP contribution < -0.4 is 9.64 Å². The number of hydrogen-bond acceptors (Lipinski definition) is 3. The van der Waals surface area contributed by atoms with E-state index >= 15 is 0 Å². The highest BCUT2D eigenvalue weighted by Crippen LogP contribution is 2.41. The first kappa shape index (κ1) is 16.7. The van der Waals surface area contributed by atoms with E-state index < -0.39 is 0 Å². The predicted octanol–water partition coefficient (Wildman–Crippen LogP) is 5.50. The Morgan fingerprint density at radius 1 is 1.12 bits per heavy atom. The molecule has 134 valence electrons. The van der Waals surface area contributed by atoms with Gasteiger partial charge in [-0.05, 0) is 37.0 Å². The predicted molar refractivity (Wildman–Crippen MR) is 103 cm³/mol. The zero-order valence-corrected chi connectivity index (χ0v) is 15.5. The van der Waals surface area contributed by atoms with Crippen LogP contribution in [0.25, 0.3) is 10.8 Å². The molecule has 1 aliphatic heterocycles. The van der Waals surface area contributed by atoms with Crippen molar-refractivity contribution in [2.24, 2.45) is 5.92 Å². The number of hydrogen-bond donors (Lipinski definition) is 0. The Labute approximate surface area is 150 Å². The molecule has 0 amide bonds. The summed E-state index contributed by atoms with van der Waals surface area (Å²) in [5, 5.41) is 2.53. The lowest BCUT2D eigenvalue weighted by molar-refractivity contribution is -0.0703. The first-order chi connectivity index (χ1) is 12.2. The van der Waals surface area contributed by atoms with Crippen molar-refractivity contribution in [2.75, 3.05) is 18.6 Å². The summed E-state index contributed by atoms with van der Waals surface area (Å²) in [5.41, 5.74) is 2.68. The number of ether oxygens (including phenoxy) is 2. The van der Waals surface area contributed by atoms with Gasteiger partial charge >= 0.3 is 0 Å². The van der Waals surface area contributed by atoms with Crippen LogP contribution in [0.4, 0.5) is 5.69 Å². The Hall–Kier alpha value is -1.74. The maximum Gasteiger partial charge on any atom is 0.197 e. The second-order valence-corrected chi connectivity index (χ2v) is 7.63. The minimum absolute atomic E-state index is 0.209. The molecule has 2 aliphatic rings. The molecule has 1 aliphatic carbocycles. The molecule has 1 unspecified atom stereocenters. The molecule has 1 heterocycles. The van der Waals surface area contributed by atoms with Crippen LogP contribution in [-0.4, -0.2) is 19.9 Å². The molecule has 1 fully saturated rings. The molecule has 25 heavy (non-hydrogen) atoms. The van der Waals surface area contributed by atoms with E-state index in [1.807, 2.05) is 6.92 Å². The van der Waals surface area contributed by atoms with Crippen molar-refractivity contribution in [2.45, 2.75) is 58.3 Å². The van der Waals surface area contributed by atoms with Gasteiger partial charge in [0.1, 0.15) is 5.75 Å². The average molecular weight is 339 g/mol. The third-order valence-corrected chi connectivity index (χ3v) is 5.78. The third kappa shape index (κ3) is 3.48. The largest absolute Gasteiger partial charge is 0.465 e. The quantitative estimate of drug-likeness (QED) is 0.649. The highest BCUT2D eigenvalue weighted by molar-refractivity contribution is 6.02. The molecule has 0 radical (unpaired) electrons. The smallest absolute Gasteiger partial charge is 0.197 e. The maximum absolute atomic E-state index is 6.15. The van der Waals surface area contributed by atoms with Gasteiger partial charge in [0.25, 0.3) is 0 Å². The molecule has 2 aromatic carbocycles. The lowest BCUT2D eigenvalue weighted by Crippen LogP contribution is -2.19. The molecule has 0 N–H and O–H groups in total. The van der Waals surface area contributed by atoms with Crippen molar-refractivity contribution in [3.63, 3.8) is 0 Å². The van der Waals surface area contributed by atoms with Crippen LogP contribution in [0.1, 0.15) is 51.0 Å². The van der Waals surface area contributed by atoms with Gasteiger partial charge in [-0.25, -0.2) is 0 Å². The van der Waals surface area contributed by atoms with Gasteiger partial charge in [-0.3, -0.25) is 0 Å². The van der Waals surface area contributed by atoms with Gasteiger partial charge < -0.3 is 14.4 Å². The molecule has 1 atom stereocenters. The van der Waals surface area contributed by atoms with Gasteiger partial charge in [-0.15, -0.1) is 0 Å². The van der Waals surface area contributed by atoms with Crippen molar-refractivity contribution in [1.82, 2.24) is 0 Å².